The lowest BCUT2D eigenvalue weighted by Crippen LogP contribution is -2.24. The number of pyridine rings is 1. The maximum absolute atomic E-state index is 13.5. The van der Waals surface area contributed by atoms with Crippen molar-refractivity contribution in [2.24, 2.45) is 0 Å². The molecule has 1 aromatic carbocycles. The van der Waals surface area contributed by atoms with E-state index in [1.54, 1.807) is 11.6 Å². The summed E-state index contributed by atoms with van der Waals surface area (Å²) in [5, 5.41) is 9.06. The molecule has 1 atom stereocenters. The highest BCUT2D eigenvalue weighted by atomic mass is 32.2. The van der Waals surface area contributed by atoms with Crippen LogP contribution in [0.25, 0.3) is 10.8 Å². The van der Waals surface area contributed by atoms with Crippen molar-refractivity contribution >= 4 is 20.6 Å². The quantitative estimate of drug-likeness (QED) is 0.429. The lowest BCUT2D eigenvalue weighted by atomic mass is 10.2. The topological polar surface area (TPSA) is 109 Å². The molecule has 0 aliphatic carbocycles. The molecule has 0 N–H and O–H groups in total. The van der Waals surface area contributed by atoms with E-state index in [4.69, 9.17) is 4.74 Å². The number of hydrogen-bond donors (Lipinski definition) is 0. The molecule has 1 aliphatic rings. The Labute approximate surface area is 194 Å². The zero-order valence-corrected chi connectivity index (χ0v) is 19.2. The van der Waals surface area contributed by atoms with Gasteiger partial charge in [0.15, 0.2) is 0 Å². The van der Waals surface area contributed by atoms with Crippen molar-refractivity contribution in [1.82, 2.24) is 24.5 Å². The van der Waals surface area contributed by atoms with E-state index in [0.717, 1.165) is 19.3 Å². The summed E-state index contributed by atoms with van der Waals surface area (Å²) in [5.74, 6) is -0.423. The highest BCUT2D eigenvalue weighted by Gasteiger charge is 2.24. The van der Waals surface area contributed by atoms with Gasteiger partial charge < -0.3 is 4.74 Å². The Morgan fingerprint density at radius 2 is 1.97 bits per heavy atom. The van der Waals surface area contributed by atoms with E-state index in [1.165, 1.54) is 53.6 Å². The van der Waals surface area contributed by atoms with Crippen LogP contribution in [-0.2, 0) is 21.1 Å². The zero-order valence-electron chi connectivity index (χ0n) is 18.4. The second-order valence-corrected chi connectivity index (χ2v) is 10.2. The van der Waals surface area contributed by atoms with Gasteiger partial charge in [-0.2, -0.15) is 10.2 Å². The summed E-state index contributed by atoms with van der Waals surface area (Å²) in [6, 6.07) is 7.09. The molecule has 5 rings (SSSR count). The van der Waals surface area contributed by atoms with Crippen molar-refractivity contribution in [1.29, 1.82) is 0 Å². The summed E-state index contributed by atoms with van der Waals surface area (Å²) < 4.78 is 48.3. The van der Waals surface area contributed by atoms with Crippen molar-refractivity contribution in [3.05, 3.63) is 76.5 Å². The number of aryl methyl sites for hydroxylation is 1. The van der Waals surface area contributed by atoms with Crippen LogP contribution in [0.2, 0.25) is 0 Å². The fourth-order valence-corrected chi connectivity index (χ4v) is 5.20. The van der Waals surface area contributed by atoms with Crippen molar-refractivity contribution in [3.63, 3.8) is 0 Å². The summed E-state index contributed by atoms with van der Waals surface area (Å²) >= 11 is 0. The predicted octanol–water partition coefficient (Wildman–Crippen LogP) is 3.02. The van der Waals surface area contributed by atoms with Gasteiger partial charge in [0.25, 0.3) is 5.56 Å². The summed E-state index contributed by atoms with van der Waals surface area (Å²) in [6.07, 6.45) is 6.72. The molecule has 176 valence electrons. The van der Waals surface area contributed by atoms with E-state index in [2.05, 4.69) is 15.2 Å². The van der Waals surface area contributed by atoms with Crippen molar-refractivity contribution in [3.8, 4) is 0 Å². The molecule has 11 heteroatoms. The molecular formula is C23H22FN5O4S. The number of benzene rings is 1. The van der Waals surface area contributed by atoms with Crippen LogP contribution in [0.4, 0.5) is 4.39 Å². The molecule has 1 fully saturated rings. The molecule has 1 aliphatic heterocycles. The molecule has 0 spiro atoms. The molecule has 0 amide bonds. The third-order valence-electron chi connectivity index (χ3n) is 5.86. The van der Waals surface area contributed by atoms with Gasteiger partial charge in [0, 0.05) is 18.2 Å². The van der Waals surface area contributed by atoms with Gasteiger partial charge in [-0.05, 0) is 56.5 Å². The van der Waals surface area contributed by atoms with E-state index in [9.17, 15) is 17.6 Å². The van der Waals surface area contributed by atoms with Crippen molar-refractivity contribution in [2.45, 2.75) is 48.7 Å². The van der Waals surface area contributed by atoms with Crippen LogP contribution >= 0.6 is 0 Å². The molecule has 0 radical (unpaired) electrons. The molecule has 4 heterocycles. The molecule has 9 nitrogen and oxygen atoms in total. The third kappa shape index (κ3) is 4.12. The second kappa shape index (κ2) is 8.73. The number of fused-ring (bicyclic) bond motifs is 1. The van der Waals surface area contributed by atoms with E-state index in [0.29, 0.717) is 23.1 Å². The Hall–Kier alpha value is -3.44. The fraction of sp³-hybridized carbons (Fsp3) is 0.304. The summed E-state index contributed by atoms with van der Waals surface area (Å²) in [6.45, 7) is 2.24. The predicted molar refractivity (Wildman–Crippen MR) is 121 cm³/mol. The maximum Gasteiger partial charge on any atom is 0.274 e. The lowest BCUT2D eigenvalue weighted by Gasteiger charge is -2.22. The number of sulfone groups is 1. The third-order valence-corrected chi connectivity index (χ3v) is 7.57. The van der Waals surface area contributed by atoms with E-state index in [1.807, 2.05) is 0 Å². The smallest absolute Gasteiger partial charge is 0.274 e. The van der Waals surface area contributed by atoms with Crippen LogP contribution < -0.4 is 5.56 Å². The minimum Gasteiger partial charge on any atom is -0.357 e. The Morgan fingerprint density at radius 1 is 1.12 bits per heavy atom. The average molecular weight is 484 g/mol. The number of hydrogen-bond acceptors (Lipinski definition) is 7. The second-order valence-electron chi connectivity index (χ2n) is 8.21. The van der Waals surface area contributed by atoms with E-state index < -0.39 is 21.2 Å². The molecule has 4 aromatic rings. The first-order valence-electron chi connectivity index (χ1n) is 10.9. The van der Waals surface area contributed by atoms with Gasteiger partial charge in [-0.3, -0.25) is 9.78 Å². The number of nitrogens with zero attached hydrogens (tertiary/aromatic N) is 5. The van der Waals surface area contributed by atoms with Gasteiger partial charge in [0.05, 0.1) is 40.6 Å². The first kappa shape index (κ1) is 22.4. The number of halogens is 1. The Kier molecular flexibility index (Phi) is 5.74. The highest BCUT2D eigenvalue weighted by molar-refractivity contribution is 7.91. The Bertz CT molecular complexity index is 1540. The number of ether oxygens (including phenoxy) is 1. The Morgan fingerprint density at radius 3 is 2.74 bits per heavy atom. The summed E-state index contributed by atoms with van der Waals surface area (Å²) in [5.41, 5.74) is 0.332. The van der Waals surface area contributed by atoms with Crippen LogP contribution in [0.3, 0.4) is 0 Å². The first-order chi connectivity index (χ1) is 16.3. The minimum atomic E-state index is -3.85. The van der Waals surface area contributed by atoms with E-state index >= 15 is 0 Å². The van der Waals surface area contributed by atoms with Crippen molar-refractivity contribution < 1.29 is 17.5 Å². The van der Waals surface area contributed by atoms with Gasteiger partial charge in [-0.1, -0.05) is 0 Å². The molecular weight excluding hydrogens is 461 g/mol. The van der Waals surface area contributed by atoms with Crippen LogP contribution in [0.5, 0.6) is 0 Å². The molecule has 0 bridgehead atoms. The maximum atomic E-state index is 13.5. The SMILES string of the molecule is Cc1nc(Cn2ncc3cc(S(=O)(=O)c4cnn(C5CCCCO5)c4)ccc3c2=O)ccc1F. The molecule has 3 aromatic heterocycles. The molecule has 1 unspecified atom stereocenters. The van der Waals surface area contributed by atoms with Crippen LogP contribution in [-0.4, -0.2) is 39.6 Å². The molecule has 0 saturated carbocycles. The summed E-state index contributed by atoms with van der Waals surface area (Å²) in [4.78, 5) is 17.1. The monoisotopic (exact) mass is 483 g/mol. The molecule has 1 saturated heterocycles. The standard InChI is InChI=1S/C23H22FN5O4S/c1-15-21(24)8-5-17(27-15)13-29-23(30)20-7-6-18(10-16(20)11-25-29)34(31,32)19-12-26-28(14-19)22-4-2-3-9-33-22/h5-8,10-12,14,22H,2-4,9,13H2,1H3. The van der Waals surface area contributed by atoms with Crippen LogP contribution in [0.1, 0.15) is 36.9 Å². The minimum absolute atomic E-state index is 0.0406. The Balaban J connectivity index is 1.45. The largest absolute Gasteiger partial charge is 0.357 e. The van der Waals surface area contributed by atoms with Gasteiger partial charge in [-0.15, -0.1) is 0 Å². The average Bonchev–Trinajstić information content (AvgIpc) is 3.35. The number of aromatic nitrogens is 5. The van der Waals surface area contributed by atoms with Gasteiger partial charge in [0.1, 0.15) is 16.9 Å². The molecule has 34 heavy (non-hydrogen) atoms. The zero-order chi connectivity index (χ0) is 23.9. The normalized spacial score (nSPS) is 16.7. The van der Waals surface area contributed by atoms with Gasteiger partial charge >= 0.3 is 0 Å². The lowest BCUT2D eigenvalue weighted by molar-refractivity contribution is -0.0396. The van der Waals surface area contributed by atoms with Gasteiger partial charge in [-0.25, -0.2) is 22.2 Å². The highest BCUT2D eigenvalue weighted by Crippen LogP contribution is 2.26. The van der Waals surface area contributed by atoms with Crippen LogP contribution in [0.15, 0.2) is 63.5 Å². The first-order valence-corrected chi connectivity index (χ1v) is 12.3. The van der Waals surface area contributed by atoms with Crippen LogP contribution in [0, 0.1) is 12.7 Å². The van der Waals surface area contributed by atoms with Gasteiger partial charge in [0.2, 0.25) is 9.84 Å². The van der Waals surface area contributed by atoms with E-state index in [-0.39, 0.29) is 28.3 Å². The fourth-order valence-electron chi connectivity index (χ4n) is 3.97. The summed E-state index contributed by atoms with van der Waals surface area (Å²) in [7, 11) is -3.85. The number of rotatable bonds is 5. The van der Waals surface area contributed by atoms with Crippen molar-refractivity contribution in [2.75, 3.05) is 6.61 Å².